The second-order valence-electron chi connectivity index (χ2n) is 4.47. The fourth-order valence-electron chi connectivity index (χ4n) is 1.55. The minimum atomic E-state index is 1.10. The molecule has 15 heavy (non-hydrogen) atoms. The Bertz CT molecular complexity index is 299. The summed E-state index contributed by atoms with van der Waals surface area (Å²) in [6.07, 6.45) is 0. The van der Waals surface area contributed by atoms with E-state index in [0.717, 1.165) is 6.54 Å². The predicted molar refractivity (Wildman–Crippen MR) is 67.3 cm³/mol. The molecule has 1 unspecified atom stereocenters. The van der Waals surface area contributed by atoms with E-state index in [9.17, 15) is 0 Å². The lowest BCUT2D eigenvalue weighted by Gasteiger charge is -2.15. The molecule has 0 fully saturated rings. The zero-order valence-electron chi connectivity index (χ0n) is 9.81. The van der Waals surface area contributed by atoms with E-state index >= 15 is 0 Å². The standard InChI is InChI=1S/C12H19BrN2/c1-14(2)7-8-15(3)10-11-5-4-6-12(13)9-11/h4-6,9H,7-8,10H2,1-3H3/p+2. The second-order valence-corrected chi connectivity index (χ2v) is 5.39. The Kier molecular flexibility index (Phi) is 5.29. The van der Waals surface area contributed by atoms with Gasteiger partial charge in [-0.15, -0.1) is 0 Å². The SMILES string of the molecule is C[NH+](C)CC[NH+](C)Cc1cccc(Br)c1. The number of likely N-dealkylation sites (N-methyl/N-ethyl adjacent to an activating group) is 2. The van der Waals surface area contributed by atoms with Crippen LogP contribution in [0.1, 0.15) is 5.56 Å². The molecule has 0 aliphatic heterocycles. The molecule has 84 valence electrons. The molecule has 0 saturated carbocycles. The van der Waals surface area contributed by atoms with Crippen LogP contribution < -0.4 is 9.80 Å². The normalized spacial score (nSPS) is 13.1. The summed E-state index contributed by atoms with van der Waals surface area (Å²) in [4.78, 5) is 3.08. The van der Waals surface area contributed by atoms with Gasteiger partial charge in [-0.2, -0.15) is 0 Å². The lowest BCUT2D eigenvalue weighted by molar-refractivity contribution is -0.937. The third-order valence-corrected chi connectivity index (χ3v) is 2.94. The zero-order chi connectivity index (χ0) is 11.3. The van der Waals surface area contributed by atoms with Crippen molar-refractivity contribution in [3.63, 3.8) is 0 Å². The monoisotopic (exact) mass is 272 g/mol. The van der Waals surface area contributed by atoms with Crippen LogP contribution in [-0.2, 0) is 6.54 Å². The maximum Gasteiger partial charge on any atom is 0.127 e. The Balaban J connectivity index is 2.40. The van der Waals surface area contributed by atoms with Crippen LogP contribution in [0.2, 0.25) is 0 Å². The maximum atomic E-state index is 3.50. The Morgan fingerprint density at radius 3 is 2.47 bits per heavy atom. The van der Waals surface area contributed by atoms with Gasteiger partial charge in [0, 0.05) is 10.0 Å². The summed E-state index contributed by atoms with van der Waals surface area (Å²) in [5.41, 5.74) is 1.40. The molecule has 0 bridgehead atoms. The molecular weight excluding hydrogens is 252 g/mol. The van der Waals surface area contributed by atoms with Crippen LogP contribution in [0, 0.1) is 0 Å². The first-order valence-electron chi connectivity index (χ1n) is 5.42. The van der Waals surface area contributed by atoms with Gasteiger partial charge in [0.05, 0.1) is 21.1 Å². The first kappa shape index (κ1) is 12.7. The van der Waals surface area contributed by atoms with Gasteiger partial charge in [-0.3, -0.25) is 0 Å². The van der Waals surface area contributed by atoms with Gasteiger partial charge in [0.15, 0.2) is 0 Å². The van der Waals surface area contributed by atoms with E-state index in [2.05, 4.69) is 61.3 Å². The first-order chi connectivity index (χ1) is 7.08. The summed E-state index contributed by atoms with van der Waals surface area (Å²) >= 11 is 3.50. The summed E-state index contributed by atoms with van der Waals surface area (Å²) < 4.78 is 1.17. The van der Waals surface area contributed by atoms with Gasteiger partial charge < -0.3 is 9.80 Å². The van der Waals surface area contributed by atoms with Crippen molar-refractivity contribution in [2.24, 2.45) is 0 Å². The quantitative estimate of drug-likeness (QED) is 0.723. The minimum Gasteiger partial charge on any atom is -0.335 e. The van der Waals surface area contributed by atoms with Crippen molar-refractivity contribution in [1.29, 1.82) is 0 Å². The van der Waals surface area contributed by atoms with Crippen molar-refractivity contribution in [2.45, 2.75) is 6.54 Å². The van der Waals surface area contributed by atoms with Crippen molar-refractivity contribution >= 4 is 15.9 Å². The van der Waals surface area contributed by atoms with Crippen LogP contribution in [0.4, 0.5) is 0 Å². The van der Waals surface area contributed by atoms with Crippen LogP contribution in [0.25, 0.3) is 0 Å². The van der Waals surface area contributed by atoms with E-state index in [-0.39, 0.29) is 0 Å². The number of hydrogen-bond donors (Lipinski definition) is 2. The van der Waals surface area contributed by atoms with Crippen molar-refractivity contribution in [3.8, 4) is 0 Å². The molecule has 2 N–H and O–H groups in total. The molecule has 0 heterocycles. The van der Waals surface area contributed by atoms with Gasteiger partial charge in [-0.25, -0.2) is 0 Å². The average molecular weight is 273 g/mol. The number of halogens is 1. The predicted octanol–water partition coefficient (Wildman–Crippen LogP) is -0.392. The average Bonchev–Trinajstić information content (AvgIpc) is 2.15. The Morgan fingerprint density at radius 2 is 1.87 bits per heavy atom. The molecule has 2 nitrogen and oxygen atoms in total. The number of rotatable bonds is 5. The second kappa shape index (κ2) is 6.26. The molecule has 0 aliphatic rings. The summed E-state index contributed by atoms with van der Waals surface area (Å²) in [6, 6.07) is 8.56. The van der Waals surface area contributed by atoms with E-state index < -0.39 is 0 Å². The molecule has 0 aromatic heterocycles. The van der Waals surface area contributed by atoms with Gasteiger partial charge in [0.25, 0.3) is 0 Å². The van der Waals surface area contributed by atoms with Crippen molar-refractivity contribution in [2.75, 3.05) is 34.2 Å². The Hall–Kier alpha value is -0.380. The highest BCUT2D eigenvalue weighted by atomic mass is 79.9. The lowest BCUT2D eigenvalue weighted by atomic mass is 10.2. The highest BCUT2D eigenvalue weighted by Crippen LogP contribution is 2.10. The molecule has 0 spiro atoms. The topological polar surface area (TPSA) is 8.88 Å². The van der Waals surface area contributed by atoms with Gasteiger partial charge >= 0.3 is 0 Å². The molecule has 1 aromatic carbocycles. The van der Waals surface area contributed by atoms with Crippen LogP contribution in [0.3, 0.4) is 0 Å². The molecule has 1 rings (SSSR count). The van der Waals surface area contributed by atoms with Crippen LogP contribution in [-0.4, -0.2) is 34.2 Å². The fourth-order valence-corrected chi connectivity index (χ4v) is 1.99. The van der Waals surface area contributed by atoms with Crippen LogP contribution in [0.15, 0.2) is 28.7 Å². The zero-order valence-corrected chi connectivity index (χ0v) is 11.4. The van der Waals surface area contributed by atoms with Crippen LogP contribution >= 0.6 is 15.9 Å². The molecule has 3 heteroatoms. The summed E-state index contributed by atoms with van der Waals surface area (Å²) in [5, 5.41) is 0. The number of nitrogens with one attached hydrogen (secondary N) is 2. The van der Waals surface area contributed by atoms with Gasteiger partial charge in [-0.1, -0.05) is 28.1 Å². The van der Waals surface area contributed by atoms with E-state index in [0.29, 0.717) is 0 Å². The highest BCUT2D eigenvalue weighted by Gasteiger charge is 2.05. The van der Waals surface area contributed by atoms with Gasteiger partial charge in [-0.05, 0) is 12.1 Å². The largest absolute Gasteiger partial charge is 0.335 e. The smallest absolute Gasteiger partial charge is 0.127 e. The Morgan fingerprint density at radius 1 is 1.13 bits per heavy atom. The van der Waals surface area contributed by atoms with E-state index in [1.54, 1.807) is 4.90 Å². The van der Waals surface area contributed by atoms with E-state index in [1.165, 1.54) is 28.0 Å². The van der Waals surface area contributed by atoms with Gasteiger partial charge in [0.2, 0.25) is 0 Å². The van der Waals surface area contributed by atoms with Gasteiger partial charge in [0.1, 0.15) is 19.6 Å². The third-order valence-electron chi connectivity index (χ3n) is 2.45. The van der Waals surface area contributed by atoms with Crippen molar-refractivity contribution in [3.05, 3.63) is 34.3 Å². The molecule has 0 aliphatic carbocycles. The molecule has 0 radical (unpaired) electrons. The minimum absolute atomic E-state index is 1.10. The van der Waals surface area contributed by atoms with Crippen LogP contribution in [0.5, 0.6) is 0 Å². The maximum absolute atomic E-state index is 3.50. The van der Waals surface area contributed by atoms with Crippen molar-refractivity contribution < 1.29 is 9.80 Å². The van der Waals surface area contributed by atoms with Crippen molar-refractivity contribution in [1.82, 2.24) is 0 Å². The first-order valence-corrected chi connectivity index (χ1v) is 6.22. The van der Waals surface area contributed by atoms with E-state index in [1.807, 2.05) is 0 Å². The summed E-state index contributed by atoms with van der Waals surface area (Å²) in [7, 11) is 6.66. The number of quaternary nitrogens is 2. The van der Waals surface area contributed by atoms with E-state index in [4.69, 9.17) is 0 Å². The molecule has 0 amide bonds. The molecular formula is C12H21BrN2+2. The third kappa shape index (κ3) is 5.30. The summed E-state index contributed by atoms with van der Waals surface area (Å²) in [5.74, 6) is 0. The molecule has 1 aromatic rings. The number of benzene rings is 1. The molecule has 0 saturated heterocycles. The lowest BCUT2D eigenvalue weighted by Crippen LogP contribution is -3.15. The molecule has 1 atom stereocenters. The Labute approximate surface area is 101 Å². The number of hydrogen-bond acceptors (Lipinski definition) is 0. The fraction of sp³-hybridized carbons (Fsp3) is 0.500. The highest BCUT2D eigenvalue weighted by molar-refractivity contribution is 9.10. The summed E-state index contributed by atoms with van der Waals surface area (Å²) in [6.45, 7) is 3.54.